The fourth-order valence-electron chi connectivity index (χ4n) is 3.16. The molecule has 25 heavy (non-hydrogen) atoms. The van der Waals surface area contributed by atoms with E-state index in [9.17, 15) is 4.79 Å². The second-order valence-corrected chi connectivity index (χ2v) is 6.45. The molecule has 1 fully saturated rings. The van der Waals surface area contributed by atoms with Crippen LogP contribution in [0.3, 0.4) is 0 Å². The number of nitrogens with one attached hydrogen (secondary N) is 1. The molecule has 1 N–H and O–H groups in total. The summed E-state index contributed by atoms with van der Waals surface area (Å²) in [4.78, 5) is 12.2. The molecule has 2 aromatic rings. The molecule has 0 radical (unpaired) electrons. The van der Waals surface area contributed by atoms with Gasteiger partial charge >= 0.3 is 0 Å². The van der Waals surface area contributed by atoms with Crippen LogP contribution in [0.4, 0.5) is 5.69 Å². The number of hydrogen-bond acceptors (Lipinski definition) is 3. The number of benzene rings is 2. The number of rotatable bonds is 7. The molecule has 0 atom stereocenters. The molecule has 1 aliphatic rings. The van der Waals surface area contributed by atoms with Gasteiger partial charge in [-0.05, 0) is 61.9 Å². The predicted molar refractivity (Wildman–Crippen MR) is 99.3 cm³/mol. The molecular weight excluding hydrogens is 314 g/mol. The van der Waals surface area contributed by atoms with Crippen molar-refractivity contribution in [2.45, 2.75) is 44.6 Å². The highest BCUT2D eigenvalue weighted by Gasteiger charge is 2.16. The summed E-state index contributed by atoms with van der Waals surface area (Å²) in [6, 6.07) is 15.5. The first-order chi connectivity index (χ1) is 12.2. The standard InChI is InChI=1S/C21H25NO3/c1-24-19-10-4-6-16(14-19)12-13-21(23)22-17-7-5-11-20(15-17)25-18-8-2-3-9-18/h4-7,10-11,14-15,18H,2-3,8-9,12-13H2,1H3,(H,22,23). The lowest BCUT2D eigenvalue weighted by Crippen LogP contribution is -2.13. The van der Waals surface area contributed by atoms with Gasteiger partial charge in [0.2, 0.25) is 5.91 Å². The molecule has 0 heterocycles. The van der Waals surface area contributed by atoms with Crippen LogP contribution in [0.2, 0.25) is 0 Å². The van der Waals surface area contributed by atoms with E-state index in [1.807, 2.05) is 48.5 Å². The van der Waals surface area contributed by atoms with E-state index in [0.29, 0.717) is 18.9 Å². The van der Waals surface area contributed by atoms with Crippen molar-refractivity contribution < 1.29 is 14.3 Å². The zero-order chi connectivity index (χ0) is 17.5. The third-order valence-electron chi connectivity index (χ3n) is 4.50. The zero-order valence-corrected chi connectivity index (χ0v) is 14.7. The maximum absolute atomic E-state index is 12.2. The Balaban J connectivity index is 1.51. The molecule has 0 bridgehead atoms. The molecule has 3 rings (SSSR count). The number of hydrogen-bond donors (Lipinski definition) is 1. The van der Waals surface area contributed by atoms with Crippen molar-refractivity contribution in [2.24, 2.45) is 0 Å². The Morgan fingerprint density at radius 3 is 2.64 bits per heavy atom. The van der Waals surface area contributed by atoms with Gasteiger partial charge in [-0.25, -0.2) is 0 Å². The molecule has 0 unspecified atom stereocenters. The Morgan fingerprint density at radius 1 is 1.08 bits per heavy atom. The molecule has 0 spiro atoms. The first-order valence-corrected chi connectivity index (χ1v) is 8.92. The molecule has 1 saturated carbocycles. The van der Waals surface area contributed by atoms with E-state index in [1.54, 1.807) is 7.11 Å². The van der Waals surface area contributed by atoms with E-state index in [-0.39, 0.29) is 5.91 Å². The number of ether oxygens (including phenoxy) is 2. The van der Waals surface area contributed by atoms with Crippen LogP contribution < -0.4 is 14.8 Å². The van der Waals surface area contributed by atoms with Gasteiger partial charge in [0.1, 0.15) is 11.5 Å². The van der Waals surface area contributed by atoms with Crippen LogP contribution in [-0.2, 0) is 11.2 Å². The molecule has 4 heteroatoms. The van der Waals surface area contributed by atoms with Crippen LogP contribution in [0.15, 0.2) is 48.5 Å². The van der Waals surface area contributed by atoms with Crippen LogP contribution in [0.25, 0.3) is 0 Å². The Labute approximate surface area is 149 Å². The summed E-state index contributed by atoms with van der Waals surface area (Å²) in [5.41, 5.74) is 1.87. The van der Waals surface area contributed by atoms with Crippen molar-refractivity contribution in [3.05, 3.63) is 54.1 Å². The molecule has 132 valence electrons. The summed E-state index contributed by atoms with van der Waals surface area (Å²) in [5.74, 6) is 1.65. The van der Waals surface area contributed by atoms with Crippen molar-refractivity contribution >= 4 is 11.6 Å². The predicted octanol–water partition coefficient (Wildman–Crippen LogP) is 4.59. The van der Waals surface area contributed by atoms with E-state index in [2.05, 4.69) is 5.32 Å². The Morgan fingerprint density at radius 2 is 1.84 bits per heavy atom. The van der Waals surface area contributed by atoms with Crippen molar-refractivity contribution in [1.29, 1.82) is 0 Å². The van der Waals surface area contributed by atoms with Gasteiger partial charge in [0.15, 0.2) is 0 Å². The highest BCUT2D eigenvalue weighted by Crippen LogP contribution is 2.26. The summed E-state index contributed by atoms with van der Waals surface area (Å²) in [6.07, 6.45) is 6.16. The van der Waals surface area contributed by atoms with E-state index in [1.165, 1.54) is 12.8 Å². The molecule has 4 nitrogen and oxygen atoms in total. The average molecular weight is 339 g/mol. The van der Waals surface area contributed by atoms with Crippen molar-refractivity contribution in [3.63, 3.8) is 0 Å². The summed E-state index contributed by atoms with van der Waals surface area (Å²) in [7, 11) is 1.65. The molecule has 2 aromatic carbocycles. The summed E-state index contributed by atoms with van der Waals surface area (Å²) in [6.45, 7) is 0. The number of methoxy groups -OCH3 is 1. The first kappa shape index (κ1) is 17.3. The van der Waals surface area contributed by atoms with Crippen LogP contribution in [-0.4, -0.2) is 19.1 Å². The van der Waals surface area contributed by atoms with Gasteiger partial charge < -0.3 is 14.8 Å². The fourth-order valence-corrected chi connectivity index (χ4v) is 3.16. The van der Waals surface area contributed by atoms with Gasteiger partial charge in [0, 0.05) is 18.2 Å². The van der Waals surface area contributed by atoms with Crippen LogP contribution in [0.1, 0.15) is 37.7 Å². The average Bonchev–Trinajstić information content (AvgIpc) is 3.13. The normalized spacial score (nSPS) is 14.3. The Kier molecular flexibility index (Phi) is 5.94. The van der Waals surface area contributed by atoms with Crippen LogP contribution >= 0.6 is 0 Å². The molecule has 1 aliphatic carbocycles. The fraction of sp³-hybridized carbons (Fsp3) is 0.381. The van der Waals surface area contributed by atoms with Gasteiger partial charge in [-0.15, -0.1) is 0 Å². The zero-order valence-electron chi connectivity index (χ0n) is 14.7. The first-order valence-electron chi connectivity index (χ1n) is 8.92. The number of anilines is 1. The SMILES string of the molecule is COc1cccc(CCC(=O)Nc2cccc(OC3CCCC3)c2)c1. The lowest BCUT2D eigenvalue weighted by atomic mass is 10.1. The smallest absolute Gasteiger partial charge is 0.224 e. The second-order valence-electron chi connectivity index (χ2n) is 6.45. The topological polar surface area (TPSA) is 47.6 Å². The van der Waals surface area contributed by atoms with Crippen molar-refractivity contribution in [3.8, 4) is 11.5 Å². The van der Waals surface area contributed by atoms with Gasteiger partial charge in [-0.3, -0.25) is 4.79 Å². The highest BCUT2D eigenvalue weighted by atomic mass is 16.5. The summed E-state index contributed by atoms with van der Waals surface area (Å²) in [5, 5.41) is 2.96. The molecule has 0 saturated heterocycles. The number of carbonyl (C=O) groups is 1. The maximum atomic E-state index is 12.2. The van der Waals surface area contributed by atoms with Crippen molar-refractivity contribution in [2.75, 3.05) is 12.4 Å². The highest BCUT2D eigenvalue weighted by molar-refractivity contribution is 5.91. The van der Waals surface area contributed by atoms with Crippen molar-refractivity contribution in [1.82, 2.24) is 0 Å². The minimum absolute atomic E-state index is 0.000774. The van der Waals surface area contributed by atoms with E-state index < -0.39 is 0 Å². The van der Waals surface area contributed by atoms with E-state index in [4.69, 9.17) is 9.47 Å². The van der Waals surface area contributed by atoms with E-state index in [0.717, 1.165) is 35.6 Å². The summed E-state index contributed by atoms with van der Waals surface area (Å²) >= 11 is 0. The van der Waals surface area contributed by atoms with Gasteiger partial charge in [-0.2, -0.15) is 0 Å². The summed E-state index contributed by atoms with van der Waals surface area (Å²) < 4.78 is 11.2. The second kappa shape index (κ2) is 8.56. The van der Waals surface area contributed by atoms with Crippen LogP contribution in [0.5, 0.6) is 11.5 Å². The number of amides is 1. The third-order valence-corrected chi connectivity index (χ3v) is 4.50. The van der Waals surface area contributed by atoms with Gasteiger partial charge in [0.05, 0.1) is 13.2 Å². The molecule has 0 aliphatic heterocycles. The monoisotopic (exact) mass is 339 g/mol. The minimum Gasteiger partial charge on any atom is -0.497 e. The van der Waals surface area contributed by atoms with Gasteiger partial charge in [0.25, 0.3) is 0 Å². The third kappa shape index (κ3) is 5.24. The number of carbonyl (C=O) groups excluding carboxylic acids is 1. The number of aryl methyl sites for hydroxylation is 1. The Bertz CT molecular complexity index is 708. The largest absolute Gasteiger partial charge is 0.497 e. The van der Waals surface area contributed by atoms with E-state index >= 15 is 0 Å². The van der Waals surface area contributed by atoms with Crippen LogP contribution in [0, 0.1) is 0 Å². The minimum atomic E-state index is 0.000774. The molecule has 1 amide bonds. The lowest BCUT2D eigenvalue weighted by molar-refractivity contribution is -0.116. The molecular formula is C21H25NO3. The lowest BCUT2D eigenvalue weighted by Gasteiger charge is -2.14. The quantitative estimate of drug-likeness (QED) is 0.803. The van der Waals surface area contributed by atoms with Gasteiger partial charge in [-0.1, -0.05) is 18.2 Å². The maximum Gasteiger partial charge on any atom is 0.224 e. The molecule has 0 aromatic heterocycles. The Hall–Kier alpha value is -2.49.